The number of piperidine rings is 1. The Morgan fingerprint density at radius 3 is 2.59 bits per heavy atom. The zero-order valence-electron chi connectivity index (χ0n) is 19.5. The quantitative estimate of drug-likeness (QED) is 0.519. The van der Waals surface area contributed by atoms with Gasteiger partial charge in [0.1, 0.15) is 18.5 Å². The Kier molecular flexibility index (Phi) is 6.93. The van der Waals surface area contributed by atoms with E-state index in [1.54, 1.807) is 0 Å². The maximum absolute atomic E-state index is 11.9. The number of nitrogens with zero attached hydrogens (tertiary/aromatic N) is 1. The van der Waals surface area contributed by atoms with Crippen LogP contribution in [0.3, 0.4) is 0 Å². The molecule has 0 spiro atoms. The Morgan fingerprint density at radius 1 is 1.03 bits per heavy atom. The Labute approximate surface area is 201 Å². The average Bonchev–Trinajstić information content (AvgIpc) is 3.28. The standard InChI is InChI=1S/C29H32N2O3/c32-27(20-34-28-8-4-3-7-25(28)18-26-11-14-30-29(26)33)19-31-15-12-22(13-16-31)24-10-9-21-5-1-2-6-23(21)17-24/h1-10,17-18,22,27,32H,11-16,19-20H2,(H,30,33)/t27-/m1/s1. The lowest BCUT2D eigenvalue weighted by atomic mass is 9.88. The van der Waals surface area contributed by atoms with E-state index >= 15 is 0 Å². The number of aliphatic hydroxyl groups is 1. The summed E-state index contributed by atoms with van der Waals surface area (Å²) < 4.78 is 5.96. The monoisotopic (exact) mass is 456 g/mol. The van der Waals surface area contributed by atoms with Gasteiger partial charge in [-0.25, -0.2) is 0 Å². The first-order valence-corrected chi connectivity index (χ1v) is 12.3. The molecular formula is C29H32N2O3. The number of rotatable bonds is 7. The predicted molar refractivity (Wildman–Crippen MR) is 136 cm³/mol. The van der Waals surface area contributed by atoms with Gasteiger partial charge in [-0.1, -0.05) is 60.7 Å². The molecule has 2 heterocycles. The highest BCUT2D eigenvalue weighted by Gasteiger charge is 2.23. The Hall–Kier alpha value is -3.15. The fourth-order valence-corrected chi connectivity index (χ4v) is 5.04. The van der Waals surface area contributed by atoms with Crippen molar-refractivity contribution in [3.63, 3.8) is 0 Å². The van der Waals surface area contributed by atoms with Crippen molar-refractivity contribution in [3.8, 4) is 5.75 Å². The van der Waals surface area contributed by atoms with Crippen molar-refractivity contribution in [1.82, 2.24) is 10.2 Å². The number of nitrogens with one attached hydrogen (secondary N) is 1. The van der Waals surface area contributed by atoms with Gasteiger partial charge in [-0.05, 0) is 66.7 Å². The fourth-order valence-electron chi connectivity index (χ4n) is 5.04. The van der Waals surface area contributed by atoms with Crippen molar-refractivity contribution in [2.24, 2.45) is 0 Å². The number of para-hydroxylation sites is 1. The molecule has 2 N–H and O–H groups in total. The van der Waals surface area contributed by atoms with E-state index in [0.717, 1.165) is 43.5 Å². The molecule has 176 valence electrons. The Morgan fingerprint density at radius 2 is 1.79 bits per heavy atom. The van der Waals surface area contributed by atoms with Gasteiger partial charge in [0.15, 0.2) is 0 Å². The molecular weight excluding hydrogens is 424 g/mol. The fraction of sp³-hybridized carbons (Fsp3) is 0.345. The maximum atomic E-state index is 11.9. The first-order valence-electron chi connectivity index (χ1n) is 12.3. The van der Waals surface area contributed by atoms with E-state index in [1.807, 2.05) is 30.3 Å². The number of carbonyl (C=O) groups excluding carboxylic acids is 1. The van der Waals surface area contributed by atoms with Crippen LogP contribution in [-0.4, -0.2) is 54.8 Å². The number of fused-ring (bicyclic) bond motifs is 1. The number of amides is 1. The topological polar surface area (TPSA) is 61.8 Å². The molecule has 2 aliphatic heterocycles. The Balaban J connectivity index is 1.12. The summed E-state index contributed by atoms with van der Waals surface area (Å²) in [5.41, 5.74) is 3.06. The van der Waals surface area contributed by atoms with Crippen LogP contribution in [0.5, 0.6) is 5.75 Å². The van der Waals surface area contributed by atoms with Crippen molar-refractivity contribution in [2.75, 3.05) is 32.8 Å². The van der Waals surface area contributed by atoms with E-state index < -0.39 is 6.10 Å². The number of hydrogen-bond donors (Lipinski definition) is 2. The van der Waals surface area contributed by atoms with Gasteiger partial charge < -0.3 is 20.1 Å². The van der Waals surface area contributed by atoms with E-state index in [4.69, 9.17) is 4.74 Å². The molecule has 5 heteroatoms. The molecule has 2 fully saturated rings. The van der Waals surface area contributed by atoms with Gasteiger partial charge in [-0.15, -0.1) is 0 Å². The van der Waals surface area contributed by atoms with E-state index in [9.17, 15) is 9.90 Å². The first-order chi connectivity index (χ1) is 16.7. The summed E-state index contributed by atoms with van der Waals surface area (Å²) in [6.07, 6.45) is 4.26. The summed E-state index contributed by atoms with van der Waals surface area (Å²) in [5, 5.41) is 16.1. The number of benzene rings is 3. The molecule has 2 saturated heterocycles. The number of aliphatic hydroxyl groups excluding tert-OH is 1. The van der Waals surface area contributed by atoms with Crippen LogP contribution in [0.25, 0.3) is 16.8 Å². The second-order valence-electron chi connectivity index (χ2n) is 9.36. The molecule has 0 aromatic heterocycles. The molecule has 0 bridgehead atoms. The highest BCUT2D eigenvalue weighted by Crippen LogP contribution is 2.30. The van der Waals surface area contributed by atoms with Crippen LogP contribution in [0.15, 0.2) is 72.3 Å². The first kappa shape index (κ1) is 22.6. The Bertz CT molecular complexity index is 1180. The van der Waals surface area contributed by atoms with Gasteiger partial charge in [0, 0.05) is 24.2 Å². The van der Waals surface area contributed by atoms with Crippen LogP contribution >= 0.6 is 0 Å². The van der Waals surface area contributed by atoms with Crippen molar-refractivity contribution >= 4 is 22.8 Å². The molecule has 1 amide bonds. The maximum Gasteiger partial charge on any atom is 0.247 e. The summed E-state index contributed by atoms with van der Waals surface area (Å²) in [4.78, 5) is 14.2. The van der Waals surface area contributed by atoms with Crippen molar-refractivity contribution in [2.45, 2.75) is 31.3 Å². The third-order valence-electron chi connectivity index (χ3n) is 6.95. The largest absolute Gasteiger partial charge is 0.490 e. The smallest absolute Gasteiger partial charge is 0.247 e. The number of ether oxygens (including phenoxy) is 1. The van der Waals surface area contributed by atoms with Crippen LogP contribution < -0.4 is 10.1 Å². The van der Waals surface area contributed by atoms with Gasteiger partial charge in [-0.2, -0.15) is 0 Å². The lowest BCUT2D eigenvalue weighted by molar-refractivity contribution is -0.116. The lowest BCUT2D eigenvalue weighted by Gasteiger charge is -2.33. The van der Waals surface area contributed by atoms with Gasteiger partial charge in [0.25, 0.3) is 0 Å². The van der Waals surface area contributed by atoms with Gasteiger partial charge in [0.05, 0.1) is 0 Å². The number of β-amino-alcohol motifs (C(OH)–C–C–N with tert-alkyl or cyclic N) is 1. The molecule has 0 radical (unpaired) electrons. The zero-order chi connectivity index (χ0) is 23.3. The van der Waals surface area contributed by atoms with Crippen LogP contribution in [0, 0.1) is 0 Å². The summed E-state index contributed by atoms with van der Waals surface area (Å²) in [6.45, 7) is 3.48. The van der Waals surface area contributed by atoms with E-state index in [1.165, 1.54) is 16.3 Å². The molecule has 3 aromatic carbocycles. The second kappa shape index (κ2) is 10.4. The third kappa shape index (κ3) is 5.32. The molecule has 3 aromatic rings. The normalized spacial score (nSPS) is 19.4. The van der Waals surface area contributed by atoms with Crippen molar-refractivity contribution in [3.05, 3.63) is 83.4 Å². The molecule has 0 unspecified atom stereocenters. The molecule has 5 nitrogen and oxygen atoms in total. The van der Waals surface area contributed by atoms with Crippen LogP contribution in [0.4, 0.5) is 0 Å². The number of hydrogen-bond acceptors (Lipinski definition) is 4. The van der Waals surface area contributed by atoms with Gasteiger partial charge in [0.2, 0.25) is 5.91 Å². The summed E-state index contributed by atoms with van der Waals surface area (Å²) >= 11 is 0. The average molecular weight is 457 g/mol. The summed E-state index contributed by atoms with van der Waals surface area (Å²) in [5.74, 6) is 1.26. The van der Waals surface area contributed by atoms with Gasteiger partial charge in [-0.3, -0.25) is 4.79 Å². The van der Waals surface area contributed by atoms with Crippen molar-refractivity contribution < 1.29 is 14.6 Å². The minimum atomic E-state index is -0.562. The second-order valence-corrected chi connectivity index (χ2v) is 9.36. The van der Waals surface area contributed by atoms with Gasteiger partial charge >= 0.3 is 0 Å². The third-order valence-corrected chi connectivity index (χ3v) is 6.95. The molecule has 5 rings (SSSR count). The van der Waals surface area contributed by atoms with E-state index in [2.05, 4.69) is 52.7 Å². The minimum absolute atomic E-state index is 0.0121. The van der Waals surface area contributed by atoms with Crippen LogP contribution in [-0.2, 0) is 4.79 Å². The molecule has 0 aliphatic carbocycles. The summed E-state index contributed by atoms with van der Waals surface area (Å²) in [7, 11) is 0. The minimum Gasteiger partial charge on any atom is -0.490 e. The SMILES string of the molecule is O=C1NCCC1=Cc1ccccc1OC[C@H](O)CN1CCC(c2ccc3ccccc3c2)CC1. The van der Waals surface area contributed by atoms with E-state index in [0.29, 0.717) is 24.8 Å². The van der Waals surface area contributed by atoms with Crippen LogP contribution in [0.2, 0.25) is 0 Å². The van der Waals surface area contributed by atoms with Crippen LogP contribution in [0.1, 0.15) is 36.3 Å². The van der Waals surface area contributed by atoms with E-state index in [-0.39, 0.29) is 12.5 Å². The predicted octanol–water partition coefficient (Wildman–Crippen LogP) is 4.36. The molecule has 2 aliphatic rings. The zero-order valence-corrected chi connectivity index (χ0v) is 19.5. The molecule has 1 atom stereocenters. The van der Waals surface area contributed by atoms with Crippen molar-refractivity contribution in [1.29, 1.82) is 0 Å². The highest BCUT2D eigenvalue weighted by atomic mass is 16.5. The lowest BCUT2D eigenvalue weighted by Crippen LogP contribution is -2.40. The highest BCUT2D eigenvalue weighted by molar-refractivity contribution is 6.00. The molecule has 0 saturated carbocycles. The summed E-state index contributed by atoms with van der Waals surface area (Å²) in [6, 6.07) is 23.0. The number of likely N-dealkylation sites (tertiary alicyclic amines) is 1. The number of carbonyl (C=O) groups is 1. The molecule has 34 heavy (non-hydrogen) atoms.